The Kier molecular flexibility index (Phi) is 6.33. The van der Waals surface area contributed by atoms with Crippen molar-refractivity contribution in [1.29, 1.82) is 0 Å². The topological polar surface area (TPSA) is 67.4 Å². The third-order valence-corrected chi connectivity index (χ3v) is 3.85. The summed E-state index contributed by atoms with van der Waals surface area (Å²) in [4.78, 5) is 24.0. The van der Waals surface area contributed by atoms with E-state index in [2.05, 4.69) is 17.6 Å². The molecule has 1 aliphatic rings. The van der Waals surface area contributed by atoms with E-state index in [4.69, 9.17) is 4.74 Å². The molecule has 5 nitrogen and oxygen atoms in total. The number of nitrogens with one attached hydrogen (secondary N) is 2. The lowest BCUT2D eigenvalue weighted by Gasteiger charge is -2.14. The van der Waals surface area contributed by atoms with E-state index in [-0.39, 0.29) is 11.8 Å². The summed E-state index contributed by atoms with van der Waals surface area (Å²) in [6.45, 7) is 3.26. The van der Waals surface area contributed by atoms with Crippen LogP contribution in [0.3, 0.4) is 0 Å². The number of hydrogen-bond donors (Lipinski definition) is 2. The van der Waals surface area contributed by atoms with Gasteiger partial charge in [0.15, 0.2) is 5.76 Å². The van der Waals surface area contributed by atoms with Gasteiger partial charge in [-0.05, 0) is 24.6 Å². The van der Waals surface area contributed by atoms with Crippen LogP contribution in [0.5, 0.6) is 0 Å². The predicted octanol–water partition coefficient (Wildman–Crippen LogP) is 2.76. The van der Waals surface area contributed by atoms with Crippen LogP contribution in [0.1, 0.15) is 30.1 Å². The Labute approximate surface area is 134 Å². The van der Waals surface area contributed by atoms with Gasteiger partial charge >= 0.3 is 0 Å². The molecule has 0 bridgehead atoms. The molecule has 6 heteroatoms. The van der Waals surface area contributed by atoms with Crippen LogP contribution in [0, 0.1) is 0 Å². The normalized spacial score (nSPS) is 13.8. The second-order valence-corrected chi connectivity index (χ2v) is 5.82. The molecule has 0 saturated heterocycles. The highest BCUT2D eigenvalue weighted by Crippen LogP contribution is 2.17. The van der Waals surface area contributed by atoms with Crippen molar-refractivity contribution in [2.75, 3.05) is 24.2 Å². The zero-order valence-electron chi connectivity index (χ0n) is 12.6. The zero-order chi connectivity index (χ0) is 15.8. The number of carbonyl (C=O) groups is 2. The zero-order valence-corrected chi connectivity index (χ0v) is 13.4. The van der Waals surface area contributed by atoms with Crippen LogP contribution in [0.2, 0.25) is 0 Å². The Morgan fingerprint density at radius 1 is 1.32 bits per heavy atom. The van der Waals surface area contributed by atoms with Crippen molar-refractivity contribution in [3.63, 3.8) is 0 Å². The van der Waals surface area contributed by atoms with Crippen molar-refractivity contribution in [2.45, 2.75) is 19.8 Å². The molecule has 2 N–H and O–H groups in total. The number of amides is 2. The van der Waals surface area contributed by atoms with Crippen LogP contribution < -0.4 is 10.6 Å². The number of unbranched alkanes of at least 4 members (excludes halogenated alkanes) is 1. The van der Waals surface area contributed by atoms with Crippen LogP contribution in [0.4, 0.5) is 5.69 Å². The summed E-state index contributed by atoms with van der Waals surface area (Å²) in [5.74, 6) is 0.738. The quantitative estimate of drug-likeness (QED) is 0.791. The average Bonchev–Trinajstić information content (AvgIpc) is 2.56. The summed E-state index contributed by atoms with van der Waals surface area (Å²) < 4.78 is 5.30. The average molecular weight is 320 g/mol. The molecule has 0 spiro atoms. The van der Waals surface area contributed by atoms with Crippen LogP contribution in [0.25, 0.3) is 0 Å². The molecular formula is C16H20N2O3S. The minimum Gasteiger partial charge on any atom is -0.487 e. The molecule has 2 amide bonds. The molecule has 22 heavy (non-hydrogen) atoms. The summed E-state index contributed by atoms with van der Waals surface area (Å²) in [6, 6.07) is 6.88. The Hall–Kier alpha value is -1.95. The SMILES string of the molecule is CCCCNC(=O)c1cccc(NC(=O)C2=CSCCO2)c1. The number of rotatable bonds is 6. The van der Waals surface area contributed by atoms with Crippen molar-refractivity contribution >= 4 is 29.3 Å². The molecule has 0 aromatic heterocycles. The third-order valence-electron chi connectivity index (χ3n) is 3.07. The monoisotopic (exact) mass is 320 g/mol. The Balaban J connectivity index is 1.97. The fourth-order valence-corrected chi connectivity index (χ4v) is 2.52. The number of thioether (sulfide) groups is 1. The molecule has 0 fully saturated rings. The van der Waals surface area contributed by atoms with Crippen molar-refractivity contribution in [2.24, 2.45) is 0 Å². The first-order valence-corrected chi connectivity index (χ1v) is 8.39. The van der Waals surface area contributed by atoms with E-state index >= 15 is 0 Å². The van der Waals surface area contributed by atoms with Crippen LogP contribution in [-0.4, -0.2) is 30.7 Å². The second-order valence-electron chi connectivity index (χ2n) is 4.85. The number of hydrogen-bond acceptors (Lipinski definition) is 4. The molecule has 0 aliphatic carbocycles. The molecule has 1 heterocycles. The van der Waals surface area contributed by atoms with E-state index < -0.39 is 0 Å². The van der Waals surface area contributed by atoms with Crippen LogP contribution >= 0.6 is 11.8 Å². The van der Waals surface area contributed by atoms with Gasteiger partial charge in [0.25, 0.3) is 11.8 Å². The summed E-state index contributed by atoms with van der Waals surface area (Å²) in [6.07, 6.45) is 1.98. The van der Waals surface area contributed by atoms with Gasteiger partial charge in [0.1, 0.15) is 0 Å². The largest absolute Gasteiger partial charge is 0.487 e. The van der Waals surface area contributed by atoms with Gasteiger partial charge in [0, 0.05) is 29.0 Å². The van der Waals surface area contributed by atoms with E-state index in [0.29, 0.717) is 30.2 Å². The third kappa shape index (κ3) is 4.80. The van der Waals surface area contributed by atoms with Crippen molar-refractivity contribution in [3.05, 3.63) is 41.0 Å². The highest BCUT2D eigenvalue weighted by Gasteiger charge is 2.15. The predicted molar refractivity (Wildman–Crippen MR) is 88.8 cm³/mol. The summed E-state index contributed by atoms with van der Waals surface area (Å²) >= 11 is 1.55. The standard InChI is InChI=1S/C16H20N2O3S/c1-2-3-7-17-15(19)12-5-4-6-13(10-12)18-16(20)14-11-22-9-8-21-14/h4-6,10-11H,2-3,7-9H2,1H3,(H,17,19)(H,18,20). The maximum absolute atomic E-state index is 12.0. The molecule has 1 aromatic carbocycles. The Morgan fingerprint density at radius 2 is 2.18 bits per heavy atom. The van der Waals surface area contributed by atoms with Gasteiger partial charge in [-0.25, -0.2) is 0 Å². The lowest BCUT2D eigenvalue weighted by molar-refractivity contribution is -0.116. The molecule has 118 valence electrons. The van der Waals surface area contributed by atoms with Crippen LogP contribution in [-0.2, 0) is 9.53 Å². The first-order valence-electron chi connectivity index (χ1n) is 7.35. The minimum atomic E-state index is -0.296. The molecule has 0 saturated carbocycles. The molecular weight excluding hydrogens is 300 g/mol. The van der Waals surface area contributed by atoms with E-state index in [1.54, 1.807) is 41.4 Å². The lowest BCUT2D eigenvalue weighted by Crippen LogP contribution is -2.24. The van der Waals surface area contributed by atoms with E-state index in [1.807, 2.05) is 0 Å². The molecule has 0 unspecified atom stereocenters. The van der Waals surface area contributed by atoms with Crippen LogP contribution in [0.15, 0.2) is 35.4 Å². The summed E-state index contributed by atoms with van der Waals surface area (Å²) in [5, 5.41) is 7.31. The number of benzene rings is 1. The maximum atomic E-state index is 12.0. The molecule has 1 aromatic rings. The highest BCUT2D eigenvalue weighted by atomic mass is 32.2. The van der Waals surface area contributed by atoms with Crippen molar-refractivity contribution in [1.82, 2.24) is 5.32 Å². The number of anilines is 1. The molecule has 1 aliphatic heterocycles. The van der Waals surface area contributed by atoms with Gasteiger partial charge in [0.2, 0.25) is 0 Å². The van der Waals surface area contributed by atoms with Gasteiger partial charge < -0.3 is 15.4 Å². The van der Waals surface area contributed by atoms with E-state index in [1.165, 1.54) is 0 Å². The van der Waals surface area contributed by atoms with E-state index in [0.717, 1.165) is 18.6 Å². The summed E-state index contributed by atoms with van der Waals surface area (Å²) in [5.41, 5.74) is 1.11. The number of ether oxygens (including phenoxy) is 1. The van der Waals surface area contributed by atoms with Gasteiger partial charge in [-0.2, -0.15) is 0 Å². The molecule has 0 atom stereocenters. The van der Waals surface area contributed by atoms with Crippen molar-refractivity contribution < 1.29 is 14.3 Å². The second kappa shape index (κ2) is 8.48. The fraction of sp³-hybridized carbons (Fsp3) is 0.375. The van der Waals surface area contributed by atoms with Gasteiger partial charge in [0.05, 0.1) is 6.61 Å². The number of carbonyl (C=O) groups excluding carboxylic acids is 2. The smallest absolute Gasteiger partial charge is 0.291 e. The summed E-state index contributed by atoms with van der Waals surface area (Å²) in [7, 11) is 0. The first-order chi connectivity index (χ1) is 10.7. The lowest BCUT2D eigenvalue weighted by atomic mass is 10.2. The highest BCUT2D eigenvalue weighted by molar-refractivity contribution is 8.02. The molecule has 0 radical (unpaired) electrons. The van der Waals surface area contributed by atoms with Gasteiger partial charge in [-0.3, -0.25) is 9.59 Å². The maximum Gasteiger partial charge on any atom is 0.291 e. The minimum absolute atomic E-state index is 0.131. The van der Waals surface area contributed by atoms with Gasteiger partial charge in [-0.15, -0.1) is 11.8 Å². The Morgan fingerprint density at radius 3 is 2.91 bits per heavy atom. The fourth-order valence-electron chi connectivity index (χ4n) is 1.90. The van der Waals surface area contributed by atoms with Gasteiger partial charge in [-0.1, -0.05) is 19.4 Å². The van der Waals surface area contributed by atoms with Crippen molar-refractivity contribution in [3.8, 4) is 0 Å². The Bertz CT molecular complexity index is 572. The molecule has 2 rings (SSSR count). The first kappa shape index (κ1) is 16.4. The van der Waals surface area contributed by atoms with E-state index in [9.17, 15) is 9.59 Å².